The molecule has 1 aliphatic heterocycles. The Balaban J connectivity index is 1.62. The van der Waals surface area contributed by atoms with Crippen LogP contribution in [0.25, 0.3) is 0 Å². The van der Waals surface area contributed by atoms with Gasteiger partial charge in [0.25, 0.3) is 0 Å². The Hall–Kier alpha value is -4.57. The smallest absolute Gasteiger partial charge is 0.407 e. The Morgan fingerprint density at radius 1 is 0.824 bits per heavy atom. The van der Waals surface area contributed by atoms with Gasteiger partial charge in [-0.3, -0.25) is 19.2 Å². The summed E-state index contributed by atoms with van der Waals surface area (Å²) < 4.78 is 38.8. The second kappa shape index (κ2) is 20.3. The lowest BCUT2D eigenvalue weighted by Crippen LogP contribution is -2.65. The number of esters is 4. The fourth-order valence-corrected chi connectivity index (χ4v) is 5.57. The molecule has 1 unspecified atom stereocenters. The van der Waals surface area contributed by atoms with Crippen LogP contribution in [0.15, 0.2) is 60.7 Å². The van der Waals surface area contributed by atoms with E-state index < -0.39 is 85.6 Å². The topological polar surface area (TPSA) is 202 Å². The number of unbranched alkanes of at least 4 members (excludes halogenated alkanes) is 2. The molecule has 0 aliphatic carbocycles. The minimum Gasteiger partial charge on any atom is -0.462 e. The van der Waals surface area contributed by atoms with Gasteiger partial charge in [-0.1, -0.05) is 60.7 Å². The minimum absolute atomic E-state index is 0.0881. The predicted octanol–water partition coefficient (Wildman–Crippen LogP) is 3.04. The van der Waals surface area contributed by atoms with Gasteiger partial charge in [-0.15, -0.1) is 0 Å². The zero-order chi connectivity index (χ0) is 37.4. The molecule has 2 aromatic rings. The fraction of sp³-hybridized carbons (Fsp3) is 0.528. The highest BCUT2D eigenvalue weighted by Crippen LogP contribution is 2.38. The highest BCUT2D eigenvalue weighted by molar-refractivity contribution is 5.68. The third-order valence-electron chi connectivity index (χ3n) is 7.78. The third-order valence-corrected chi connectivity index (χ3v) is 7.78. The van der Waals surface area contributed by atoms with Crippen molar-refractivity contribution in [3.63, 3.8) is 0 Å². The van der Waals surface area contributed by atoms with E-state index in [1.54, 1.807) is 0 Å². The summed E-state index contributed by atoms with van der Waals surface area (Å²) in [5.41, 5.74) is 1.88. The Kier molecular flexibility index (Phi) is 16.3. The molecule has 2 aromatic carbocycles. The number of ether oxygens (including phenoxy) is 7. The summed E-state index contributed by atoms with van der Waals surface area (Å²) in [6, 6.07) is 19.1. The lowest BCUT2D eigenvalue weighted by atomic mass is 9.91. The number of benzene rings is 2. The Labute approximate surface area is 296 Å². The van der Waals surface area contributed by atoms with E-state index >= 15 is 0 Å². The van der Waals surface area contributed by atoms with Gasteiger partial charge in [-0.25, -0.2) is 4.79 Å². The number of carbonyl (C=O) groups excluding carboxylic acids is 5. The van der Waals surface area contributed by atoms with Crippen molar-refractivity contribution in [2.75, 3.05) is 19.8 Å². The molecule has 1 amide bonds. The monoisotopic (exact) mass is 717 g/mol. The largest absolute Gasteiger partial charge is 0.462 e. The third kappa shape index (κ3) is 13.6. The Morgan fingerprint density at radius 2 is 1.47 bits per heavy atom. The van der Waals surface area contributed by atoms with Crippen molar-refractivity contribution in [1.29, 1.82) is 0 Å². The zero-order valence-electron chi connectivity index (χ0n) is 29.2. The zero-order valence-corrected chi connectivity index (χ0v) is 29.2. The van der Waals surface area contributed by atoms with Gasteiger partial charge in [0.05, 0.1) is 6.61 Å². The van der Waals surface area contributed by atoms with Crippen LogP contribution in [-0.2, 0) is 58.8 Å². The second-order valence-corrected chi connectivity index (χ2v) is 12.0. The maximum absolute atomic E-state index is 12.7. The summed E-state index contributed by atoms with van der Waals surface area (Å²) in [6.45, 7) is 4.04. The molecule has 1 heterocycles. The number of alkyl carbamates (subject to hydrolysis) is 1. The van der Waals surface area contributed by atoms with Crippen molar-refractivity contribution >= 4 is 30.0 Å². The second-order valence-electron chi connectivity index (χ2n) is 12.0. The van der Waals surface area contributed by atoms with Gasteiger partial charge >= 0.3 is 30.0 Å². The molecule has 280 valence electrons. The minimum atomic E-state index is -2.31. The van der Waals surface area contributed by atoms with Crippen molar-refractivity contribution < 1.29 is 67.3 Å². The maximum atomic E-state index is 12.7. The average Bonchev–Trinajstić information content (AvgIpc) is 3.07. The van der Waals surface area contributed by atoms with Gasteiger partial charge in [-0.2, -0.15) is 0 Å². The van der Waals surface area contributed by atoms with E-state index in [0.717, 1.165) is 38.8 Å². The highest BCUT2D eigenvalue weighted by atomic mass is 16.8. The van der Waals surface area contributed by atoms with Crippen LogP contribution in [0.3, 0.4) is 0 Å². The molecule has 1 fully saturated rings. The molecule has 3 rings (SSSR count). The number of rotatable bonds is 18. The molecule has 1 saturated heterocycles. The van der Waals surface area contributed by atoms with E-state index in [-0.39, 0.29) is 13.2 Å². The number of hydrogen-bond acceptors (Lipinski definition) is 14. The standard InChI is InChI=1S/C36H47NO14/c1-23(38)45-22-31(48-25(3)40)33-32(49-26(4)41)30(47-24(2)39)21-36(51-33,34(42)43)46-19-13-7-12-18-37-35(44)50-29(28-16-10-6-11-17-28)20-27-14-8-5-9-15-27/h5-6,8-11,14-17,29-34,42-43H,7,12-13,18-22H2,1-4H3,(H,37,44)/t29?,30-,31-,32-,33-,36-/m1/s1. The van der Waals surface area contributed by atoms with Gasteiger partial charge in [0.1, 0.15) is 24.9 Å². The molecule has 15 heteroatoms. The first-order valence-electron chi connectivity index (χ1n) is 16.7. The lowest BCUT2D eigenvalue weighted by molar-refractivity contribution is -0.391. The van der Waals surface area contributed by atoms with Gasteiger partial charge in [0, 0.05) is 47.1 Å². The van der Waals surface area contributed by atoms with Crippen molar-refractivity contribution in [1.82, 2.24) is 5.32 Å². The quantitative estimate of drug-likeness (QED) is 0.0879. The van der Waals surface area contributed by atoms with Crippen LogP contribution in [0.1, 0.15) is 70.6 Å². The van der Waals surface area contributed by atoms with Crippen molar-refractivity contribution in [3.05, 3.63) is 71.8 Å². The number of aliphatic hydroxyl groups excluding tert-OH is 1. The Bertz CT molecular complexity index is 1420. The van der Waals surface area contributed by atoms with Crippen LogP contribution in [0.2, 0.25) is 0 Å². The van der Waals surface area contributed by atoms with E-state index in [1.807, 2.05) is 60.7 Å². The van der Waals surface area contributed by atoms with Crippen LogP contribution in [0.4, 0.5) is 4.79 Å². The van der Waals surface area contributed by atoms with Crippen LogP contribution < -0.4 is 5.32 Å². The van der Waals surface area contributed by atoms with Crippen LogP contribution >= 0.6 is 0 Å². The van der Waals surface area contributed by atoms with E-state index in [0.29, 0.717) is 25.7 Å². The van der Waals surface area contributed by atoms with Crippen molar-refractivity contribution in [3.8, 4) is 0 Å². The summed E-state index contributed by atoms with van der Waals surface area (Å²) in [4.78, 5) is 60.4. The van der Waals surface area contributed by atoms with Gasteiger partial charge in [0.15, 0.2) is 12.2 Å². The first-order chi connectivity index (χ1) is 24.3. The average molecular weight is 718 g/mol. The number of nitrogens with one attached hydrogen (secondary N) is 1. The van der Waals surface area contributed by atoms with E-state index in [4.69, 9.17) is 33.2 Å². The van der Waals surface area contributed by atoms with E-state index in [1.165, 1.54) is 0 Å². The highest BCUT2D eigenvalue weighted by Gasteiger charge is 2.57. The number of carbonyl (C=O) groups is 5. The Morgan fingerprint density at radius 3 is 2.06 bits per heavy atom. The van der Waals surface area contributed by atoms with Gasteiger partial charge < -0.3 is 48.7 Å². The molecule has 0 radical (unpaired) electrons. The van der Waals surface area contributed by atoms with Gasteiger partial charge in [-0.05, 0) is 30.4 Å². The molecule has 15 nitrogen and oxygen atoms in total. The summed E-state index contributed by atoms with van der Waals surface area (Å²) >= 11 is 0. The molecule has 1 aliphatic rings. The van der Waals surface area contributed by atoms with Crippen LogP contribution in [-0.4, -0.2) is 96.4 Å². The molecule has 6 atom stereocenters. The summed E-state index contributed by atoms with van der Waals surface area (Å²) in [7, 11) is 0. The van der Waals surface area contributed by atoms with Crippen LogP contribution in [0.5, 0.6) is 0 Å². The van der Waals surface area contributed by atoms with Gasteiger partial charge in [0.2, 0.25) is 12.1 Å². The first kappa shape index (κ1) is 40.9. The molecular formula is C36H47NO14. The lowest BCUT2D eigenvalue weighted by Gasteiger charge is -2.48. The van der Waals surface area contributed by atoms with E-state index in [9.17, 15) is 34.2 Å². The molecule has 0 saturated carbocycles. The van der Waals surface area contributed by atoms with Crippen molar-refractivity contribution in [2.45, 2.75) is 102 Å². The summed E-state index contributed by atoms with van der Waals surface area (Å²) in [6.07, 6.45) is -7.68. The van der Waals surface area contributed by atoms with E-state index in [2.05, 4.69) is 5.32 Å². The molecule has 3 N–H and O–H groups in total. The maximum Gasteiger partial charge on any atom is 0.407 e. The number of hydrogen-bond donors (Lipinski definition) is 3. The SMILES string of the molecule is CC(=O)OC[C@@H](OC(C)=O)[C@H]1O[C@@](OCCCCCNC(=O)OC(Cc2ccccc2)c2ccccc2)(C(O)O)C[C@@H](OC(C)=O)[C@H]1OC(C)=O. The van der Waals surface area contributed by atoms with Crippen molar-refractivity contribution in [2.24, 2.45) is 0 Å². The summed E-state index contributed by atoms with van der Waals surface area (Å²) in [5, 5.41) is 23.8. The number of aliphatic hydroxyl groups is 2. The van der Waals surface area contributed by atoms with Crippen LogP contribution in [0, 0.1) is 0 Å². The molecule has 0 aromatic heterocycles. The fourth-order valence-electron chi connectivity index (χ4n) is 5.57. The predicted molar refractivity (Wildman–Crippen MR) is 177 cm³/mol. The number of amides is 1. The molecule has 0 spiro atoms. The summed E-state index contributed by atoms with van der Waals surface area (Å²) in [5.74, 6) is -5.37. The molecule has 51 heavy (non-hydrogen) atoms. The molecular weight excluding hydrogens is 670 g/mol. The molecule has 0 bridgehead atoms. The first-order valence-corrected chi connectivity index (χ1v) is 16.7. The normalized spacial score (nSPS) is 21.1.